The van der Waals surface area contributed by atoms with Crippen LogP contribution in [0.2, 0.25) is 0 Å². The molecule has 0 aliphatic heterocycles. The molecule has 2 heterocycles. The molecule has 0 saturated heterocycles. The van der Waals surface area contributed by atoms with Crippen LogP contribution in [0.25, 0.3) is 0 Å². The number of terminal acetylenes is 1. The highest BCUT2D eigenvalue weighted by atomic mass is 15.3. The number of aromatic nitrogens is 3. The summed E-state index contributed by atoms with van der Waals surface area (Å²) in [6, 6.07) is 7.62. The lowest BCUT2D eigenvalue weighted by atomic mass is 10.3. The zero-order chi connectivity index (χ0) is 14.4. The van der Waals surface area contributed by atoms with Crippen LogP contribution in [0.5, 0.6) is 0 Å². The highest BCUT2D eigenvalue weighted by Crippen LogP contribution is 2.13. The molecule has 2 aromatic heterocycles. The molecule has 0 spiro atoms. The molecular formula is C15H15N5. The first-order chi connectivity index (χ1) is 9.76. The molecule has 2 aromatic rings. The van der Waals surface area contributed by atoms with Crippen molar-refractivity contribution >= 4 is 5.82 Å². The molecular weight excluding hydrogens is 250 g/mol. The van der Waals surface area contributed by atoms with Crippen LogP contribution in [0.15, 0.2) is 30.6 Å². The Labute approximate surface area is 118 Å². The Hall–Kier alpha value is -2.79. The van der Waals surface area contributed by atoms with Gasteiger partial charge in [0.2, 0.25) is 0 Å². The molecule has 0 aliphatic rings. The average Bonchev–Trinajstić information content (AvgIpc) is 2.93. The normalized spacial score (nSPS) is 9.75. The summed E-state index contributed by atoms with van der Waals surface area (Å²) in [7, 11) is 0. The molecule has 0 N–H and O–H groups in total. The third-order valence-electron chi connectivity index (χ3n) is 2.88. The van der Waals surface area contributed by atoms with E-state index in [0.29, 0.717) is 18.7 Å². The van der Waals surface area contributed by atoms with Gasteiger partial charge in [-0.2, -0.15) is 10.4 Å². The summed E-state index contributed by atoms with van der Waals surface area (Å²) in [5.74, 6) is 3.38. The molecule has 0 atom stereocenters. The van der Waals surface area contributed by atoms with Gasteiger partial charge in [0, 0.05) is 18.9 Å². The zero-order valence-corrected chi connectivity index (χ0v) is 11.3. The fraction of sp³-hybridized carbons (Fsp3) is 0.267. The molecule has 0 amide bonds. The van der Waals surface area contributed by atoms with Gasteiger partial charge in [0.05, 0.1) is 17.8 Å². The predicted octanol–water partition coefficient (Wildman–Crippen LogP) is 1.81. The minimum atomic E-state index is 0.473. The molecule has 0 bridgehead atoms. The lowest BCUT2D eigenvalue weighted by Crippen LogP contribution is -2.23. The van der Waals surface area contributed by atoms with E-state index < -0.39 is 0 Å². The number of anilines is 1. The summed E-state index contributed by atoms with van der Waals surface area (Å²) in [6.45, 7) is 3.99. The third kappa shape index (κ3) is 3.15. The van der Waals surface area contributed by atoms with Gasteiger partial charge >= 0.3 is 0 Å². The first-order valence-corrected chi connectivity index (χ1v) is 6.33. The van der Waals surface area contributed by atoms with Crippen LogP contribution in [0.1, 0.15) is 18.2 Å². The van der Waals surface area contributed by atoms with E-state index in [1.54, 1.807) is 16.9 Å². The summed E-state index contributed by atoms with van der Waals surface area (Å²) < 4.78 is 1.73. The van der Waals surface area contributed by atoms with Crippen molar-refractivity contribution in [1.29, 1.82) is 5.26 Å². The standard InChI is InChI=1S/C15H15N5/c1-3-8-20-9-7-14(18-20)12-19(4-2)15-6-5-13(10-16)11-17-15/h1,5-7,9,11H,4,8,12H2,2H3. The molecule has 5 heteroatoms. The first-order valence-electron chi connectivity index (χ1n) is 6.33. The topological polar surface area (TPSA) is 57.7 Å². The lowest BCUT2D eigenvalue weighted by Gasteiger charge is -2.20. The summed E-state index contributed by atoms with van der Waals surface area (Å²) in [5, 5.41) is 13.2. The van der Waals surface area contributed by atoms with E-state index in [2.05, 4.69) is 33.9 Å². The van der Waals surface area contributed by atoms with Gasteiger partial charge in [-0.15, -0.1) is 6.42 Å². The zero-order valence-electron chi connectivity index (χ0n) is 11.3. The maximum Gasteiger partial charge on any atom is 0.128 e. The predicted molar refractivity (Wildman–Crippen MR) is 76.7 cm³/mol. The molecule has 0 saturated carbocycles. The monoisotopic (exact) mass is 265 g/mol. The minimum absolute atomic E-state index is 0.473. The Bertz CT molecular complexity index is 642. The third-order valence-corrected chi connectivity index (χ3v) is 2.88. The highest BCUT2D eigenvalue weighted by Gasteiger charge is 2.08. The van der Waals surface area contributed by atoms with Gasteiger partial charge in [-0.3, -0.25) is 4.68 Å². The van der Waals surface area contributed by atoms with E-state index in [1.165, 1.54) is 0 Å². The number of nitrogens with zero attached hydrogens (tertiary/aromatic N) is 5. The maximum absolute atomic E-state index is 8.78. The summed E-state index contributed by atoms with van der Waals surface area (Å²) in [4.78, 5) is 6.38. The number of hydrogen-bond donors (Lipinski definition) is 0. The summed E-state index contributed by atoms with van der Waals surface area (Å²) in [6.07, 6.45) is 8.71. The summed E-state index contributed by atoms with van der Waals surface area (Å²) >= 11 is 0. The van der Waals surface area contributed by atoms with Crippen LogP contribution < -0.4 is 4.90 Å². The Balaban J connectivity index is 2.11. The number of nitriles is 1. The van der Waals surface area contributed by atoms with E-state index in [9.17, 15) is 0 Å². The second kappa shape index (κ2) is 6.40. The molecule has 0 fully saturated rings. The Morgan fingerprint density at radius 2 is 2.25 bits per heavy atom. The molecule has 2 rings (SSSR count). The molecule has 0 aromatic carbocycles. The Morgan fingerprint density at radius 1 is 1.40 bits per heavy atom. The van der Waals surface area contributed by atoms with Crippen molar-refractivity contribution in [2.45, 2.75) is 20.0 Å². The van der Waals surface area contributed by atoms with Gasteiger partial charge in [0.1, 0.15) is 18.4 Å². The second-order valence-electron chi connectivity index (χ2n) is 4.24. The van der Waals surface area contributed by atoms with Crippen LogP contribution in [0, 0.1) is 23.7 Å². The van der Waals surface area contributed by atoms with E-state index in [-0.39, 0.29) is 0 Å². The first kappa shape index (κ1) is 13.6. The largest absolute Gasteiger partial charge is 0.351 e. The Morgan fingerprint density at radius 3 is 2.85 bits per heavy atom. The van der Waals surface area contributed by atoms with Crippen LogP contribution >= 0.6 is 0 Å². The second-order valence-corrected chi connectivity index (χ2v) is 4.24. The molecule has 100 valence electrons. The van der Waals surface area contributed by atoms with Gasteiger partial charge in [-0.05, 0) is 25.1 Å². The fourth-order valence-electron chi connectivity index (χ4n) is 1.86. The smallest absolute Gasteiger partial charge is 0.128 e. The van der Waals surface area contributed by atoms with Crippen molar-refractivity contribution in [3.05, 3.63) is 41.9 Å². The van der Waals surface area contributed by atoms with Crippen molar-refractivity contribution < 1.29 is 0 Å². The van der Waals surface area contributed by atoms with Gasteiger partial charge in [0.25, 0.3) is 0 Å². The highest BCUT2D eigenvalue weighted by molar-refractivity contribution is 5.42. The SMILES string of the molecule is C#CCn1ccc(CN(CC)c2ccc(C#N)cn2)n1. The van der Waals surface area contributed by atoms with Gasteiger partial charge in [-0.25, -0.2) is 4.98 Å². The van der Waals surface area contributed by atoms with Crippen molar-refractivity contribution in [3.8, 4) is 18.4 Å². The van der Waals surface area contributed by atoms with Crippen molar-refractivity contribution in [1.82, 2.24) is 14.8 Å². The molecule has 0 unspecified atom stereocenters. The Kier molecular flexibility index (Phi) is 4.36. The van der Waals surface area contributed by atoms with E-state index in [0.717, 1.165) is 18.1 Å². The fourth-order valence-corrected chi connectivity index (χ4v) is 1.86. The molecule has 5 nitrogen and oxygen atoms in total. The van der Waals surface area contributed by atoms with E-state index in [4.69, 9.17) is 11.7 Å². The number of pyridine rings is 1. The van der Waals surface area contributed by atoms with Crippen LogP contribution in [-0.4, -0.2) is 21.3 Å². The maximum atomic E-state index is 8.78. The van der Waals surface area contributed by atoms with Gasteiger partial charge < -0.3 is 4.90 Å². The van der Waals surface area contributed by atoms with Crippen LogP contribution in [-0.2, 0) is 13.1 Å². The van der Waals surface area contributed by atoms with Crippen molar-refractivity contribution in [3.63, 3.8) is 0 Å². The van der Waals surface area contributed by atoms with Crippen molar-refractivity contribution in [2.75, 3.05) is 11.4 Å². The minimum Gasteiger partial charge on any atom is -0.351 e. The van der Waals surface area contributed by atoms with E-state index in [1.807, 2.05) is 18.3 Å². The molecule has 0 aliphatic carbocycles. The molecule has 20 heavy (non-hydrogen) atoms. The molecule has 0 radical (unpaired) electrons. The van der Waals surface area contributed by atoms with Crippen LogP contribution in [0.4, 0.5) is 5.82 Å². The van der Waals surface area contributed by atoms with Crippen LogP contribution in [0.3, 0.4) is 0 Å². The number of rotatable bonds is 5. The average molecular weight is 265 g/mol. The van der Waals surface area contributed by atoms with Crippen molar-refractivity contribution in [2.24, 2.45) is 0 Å². The van der Waals surface area contributed by atoms with E-state index >= 15 is 0 Å². The van der Waals surface area contributed by atoms with Gasteiger partial charge in [0.15, 0.2) is 0 Å². The lowest BCUT2D eigenvalue weighted by molar-refractivity contribution is 0.685. The van der Waals surface area contributed by atoms with Gasteiger partial charge in [-0.1, -0.05) is 5.92 Å². The quantitative estimate of drug-likeness (QED) is 0.774. The summed E-state index contributed by atoms with van der Waals surface area (Å²) in [5.41, 5.74) is 1.50. The number of hydrogen-bond acceptors (Lipinski definition) is 4.